The van der Waals surface area contributed by atoms with Gasteiger partial charge in [-0.1, -0.05) is 42.5 Å². The first kappa shape index (κ1) is 23.6. The highest BCUT2D eigenvalue weighted by molar-refractivity contribution is 7.89. The maximum Gasteiger partial charge on any atom is 0.328 e. The molecule has 0 spiro atoms. The molecule has 9 heteroatoms. The summed E-state index contributed by atoms with van der Waals surface area (Å²) < 4.78 is 29.8. The second-order valence-electron chi connectivity index (χ2n) is 8.15. The van der Waals surface area contributed by atoms with Crippen LogP contribution < -0.4 is 20.1 Å². The zero-order valence-electron chi connectivity index (χ0n) is 18.3. The molecule has 0 saturated heterocycles. The van der Waals surface area contributed by atoms with Crippen LogP contribution in [0.15, 0.2) is 54.6 Å². The lowest BCUT2D eigenvalue weighted by atomic mass is 9.68. The number of carbonyl (C=O) groups is 2. The second-order valence-corrected chi connectivity index (χ2v) is 9.90. The predicted octanol–water partition coefficient (Wildman–Crippen LogP) is 2.56. The van der Waals surface area contributed by atoms with Gasteiger partial charge in [-0.2, -0.15) is 0 Å². The molecule has 0 bridgehead atoms. The number of methoxy groups -OCH3 is 1. The number of hydrogen-bond donors (Lipinski definition) is 3. The molecule has 3 rings (SSSR count). The van der Waals surface area contributed by atoms with Crippen LogP contribution in [0.4, 0.5) is 4.79 Å². The molecule has 0 heterocycles. The number of hydrogen-bond acceptors (Lipinski definition) is 5. The molecule has 1 fully saturated rings. The van der Waals surface area contributed by atoms with E-state index in [9.17, 15) is 18.0 Å². The van der Waals surface area contributed by atoms with Crippen LogP contribution in [0.25, 0.3) is 0 Å². The van der Waals surface area contributed by atoms with Crippen molar-refractivity contribution in [2.75, 3.05) is 19.9 Å². The molecule has 32 heavy (non-hydrogen) atoms. The van der Waals surface area contributed by atoms with Crippen LogP contribution in [0.2, 0.25) is 0 Å². The summed E-state index contributed by atoms with van der Waals surface area (Å²) in [5.41, 5.74) is 1.31. The molecule has 0 aromatic heterocycles. The minimum absolute atomic E-state index is 0.140. The van der Waals surface area contributed by atoms with Crippen LogP contribution >= 0.6 is 0 Å². The molecule has 0 atom stereocenters. The van der Waals surface area contributed by atoms with Crippen LogP contribution in [-0.2, 0) is 15.4 Å². The number of carbonyl (C=O) groups excluding carboxylic acids is 2. The van der Waals surface area contributed by atoms with E-state index in [1.807, 2.05) is 29.0 Å². The highest BCUT2D eigenvalue weighted by Gasteiger charge is 2.37. The van der Waals surface area contributed by atoms with Crippen LogP contribution in [0, 0.1) is 0 Å². The van der Waals surface area contributed by atoms with Gasteiger partial charge in [-0.3, -0.25) is 4.79 Å². The summed E-state index contributed by atoms with van der Waals surface area (Å²) in [4.78, 5) is 24.8. The SMILES string of the molecule is COc1ccccc1C(=O)NCC1(c2ccccc2)CCC(NC(=O)NS(C)(=O)=O)CC1. The molecule has 2 aromatic rings. The number of amides is 3. The normalized spacial score (nSPS) is 20.8. The van der Waals surface area contributed by atoms with Crippen molar-refractivity contribution in [1.29, 1.82) is 0 Å². The number of nitrogens with one attached hydrogen (secondary N) is 3. The summed E-state index contributed by atoms with van der Waals surface area (Å²) in [6, 6.07) is 16.2. The van der Waals surface area contributed by atoms with E-state index in [1.54, 1.807) is 18.2 Å². The fourth-order valence-corrected chi connectivity index (χ4v) is 4.63. The van der Waals surface area contributed by atoms with Crippen molar-refractivity contribution in [1.82, 2.24) is 15.4 Å². The average molecular weight is 460 g/mol. The van der Waals surface area contributed by atoms with E-state index in [4.69, 9.17) is 4.74 Å². The fourth-order valence-electron chi connectivity index (χ4n) is 4.23. The number of rotatable bonds is 7. The first-order chi connectivity index (χ1) is 15.2. The van der Waals surface area contributed by atoms with Gasteiger partial charge in [-0.25, -0.2) is 17.9 Å². The Bertz CT molecular complexity index is 1050. The van der Waals surface area contributed by atoms with E-state index in [2.05, 4.69) is 22.8 Å². The van der Waals surface area contributed by atoms with Gasteiger partial charge in [0.2, 0.25) is 10.0 Å². The van der Waals surface area contributed by atoms with E-state index in [-0.39, 0.29) is 17.4 Å². The lowest BCUT2D eigenvalue weighted by Gasteiger charge is -2.41. The summed E-state index contributed by atoms with van der Waals surface area (Å²) in [7, 11) is -2.08. The van der Waals surface area contributed by atoms with Gasteiger partial charge < -0.3 is 15.4 Å². The van der Waals surface area contributed by atoms with Crippen LogP contribution in [0.3, 0.4) is 0 Å². The highest BCUT2D eigenvalue weighted by atomic mass is 32.2. The lowest BCUT2D eigenvalue weighted by Crippen LogP contribution is -2.49. The van der Waals surface area contributed by atoms with Crippen molar-refractivity contribution in [2.45, 2.75) is 37.1 Å². The Morgan fingerprint density at radius 2 is 1.66 bits per heavy atom. The second kappa shape index (κ2) is 10.0. The summed E-state index contributed by atoms with van der Waals surface area (Å²) in [6.45, 7) is 0.441. The summed E-state index contributed by atoms with van der Waals surface area (Å²) in [5, 5.41) is 5.81. The van der Waals surface area contributed by atoms with Gasteiger partial charge >= 0.3 is 6.03 Å². The van der Waals surface area contributed by atoms with E-state index in [0.29, 0.717) is 30.7 Å². The first-order valence-corrected chi connectivity index (χ1v) is 12.4. The van der Waals surface area contributed by atoms with Gasteiger partial charge in [-0.15, -0.1) is 0 Å². The smallest absolute Gasteiger partial charge is 0.328 e. The molecule has 0 aliphatic heterocycles. The van der Waals surface area contributed by atoms with Crippen molar-refractivity contribution in [3.63, 3.8) is 0 Å². The number of sulfonamides is 1. The van der Waals surface area contributed by atoms with E-state index in [0.717, 1.165) is 24.7 Å². The predicted molar refractivity (Wildman–Crippen MR) is 122 cm³/mol. The van der Waals surface area contributed by atoms with Crippen molar-refractivity contribution >= 4 is 22.0 Å². The van der Waals surface area contributed by atoms with E-state index in [1.165, 1.54) is 7.11 Å². The van der Waals surface area contributed by atoms with E-state index >= 15 is 0 Å². The van der Waals surface area contributed by atoms with Crippen molar-refractivity contribution in [3.8, 4) is 5.75 Å². The standard InChI is InChI=1S/C23H29N3O5S/c1-31-20-11-7-6-10-19(20)21(27)24-16-23(17-8-4-3-5-9-17)14-12-18(13-15-23)25-22(28)26-32(2,29)30/h3-11,18H,12-16H2,1-2H3,(H,24,27)(H2,25,26,28). The van der Waals surface area contributed by atoms with Gasteiger partial charge in [-0.05, 0) is 43.4 Å². The molecule has 3 amide bonds. The monoisotopic (exact) mass is 459 g/mol. The summed E-state index contributed by atoms with van der Waals surface area (Å²) in [5.74, 6) is 0.314. The van der Waals surface area contributed by atoms with Gasteiger partial charge in [0, 0.05) is 18.0 Å². The fraction of sp³-hybridized carbons (Fsp3) is 0.391. The molecule has 2 aromatic carbocycles. The molecule has 1 saturated carbocycles. The third kappa shape index (κ3) is 6.00. The Kier molecular flexibility index (Phi) is 7.40. The maximum atomic E-state index is 12.9. The summed E-state index contributed by atoms with van der Waals surface area (Å²) in [6.07, 6.45) is 3.73. The zero-order valence-corrected chi connectivity index (χ0v) is 19.1. The molecular formula is C23H29N3O5S. The van der Waals surface area contributed by atoms with E-state index < -0.39 is 16.1 Å². The molecule has 3 N–H and O–H groups in total. The number of para-hydroxylation sites is 1. The number of benzene rings is 2. The largest absolute Gasteiger partial charge is 0.496 e. The quantitative estimate of drug-likeness (QED) is 0.589. The average Bonchev–Trinajstić information content (AvgIpc) is 2.78. The molecule has 0 radical (unpaired) electrons. The highest BCUT2D eigenvalue weighted by Crippen LogP contribution is 2.39. The Morgan fingerprint density at radius 3 is 2.28 bits per heavy atom. The minimum atomic E-state index is -3.61. The van der Waals surface area contributed by atoms with Crippen LogP contribution in [0.5, 0.6) is 5.75 Å². The minimum Gasteiger partial charge on any atom is -0.496 e. The van der Waals surface area contributed by atoms with Gasteiger partial charge in [0.25, 0.3) is 5.91 Å². The first-order valence-electron chi connectivity index (χ1n) is 10.5. The van der Waals surface area contributed by atoms with Gasteiger partial charge in [0.15, 0.2) is 0 Å². The third-order valence-corrected chi connectivity index (χ3v) is 6.44. The van der Waals surface area contributed by atoms with Crippen molar-refractivity contribution < 1.29 is 22.7 Å². The molecule has 1 aliphatic carbocycles. The zero-order chi connectivity index (χ0) is 23.2. The lowest BCUT2D eigenvalue weighted by molar-refractivity contribution is 0.0932. The van der Waals surface area contributed by atoms with Crippen LogP contribution in [-0.4, -0.2) is 46.3 Å². The van der Waals surface area contributed by atoms with Crippen molar-refractivity contribution in [2.24, 2.45) is 0 Å². The maximum absolute atomic E-state index is 12.9. The molecule has 8 nitrogen and oxygen atoms in total. The Hall–Kier alpha value is -3.07. The van der Waals surface area contributed by atoms with Crippen LogP contribution in [0.1, 0.15) is 41.6 Å². The topological polar surface area (TPSA) is 114 Å². The number of urea groups is 1. The molecule has 0 unspecified atom stereocenters. The molecule has 172 valence electrons. The summed E-state index contributed by atoms with van der Waals surface area (Å²) >= 11 is 0. The Labute approximate surface area is 188 Å². The van der Waals surface area contributed by atoms with Gasteiger partial charge in [0.05, 0.1) is 18.9 Å². The van der Waals surface area contributed by atoms with Crippen molar-refractivity contribution in [3.05, 3.63) is 65.7 Å². The molecular weight excluding hydrogens is 430 g/mol. The van der Waals surface area contributed by atoms with Gasteiger partial charge in [0.1, 0.15) is 5.75 Å². The number of ether oxygens (including phenoxy) is 1. The molecule has 1 aliphatic rings. The Morgan fingerprint density at radius 1 is 1.03 bits per heavy atom. The third-order valence-electron chi connectivity index (χ3n) is 5.88. The Balaban J connectivity index is 1.71.